The lowest BCUT2D eigenvalue weighted by Crippen LogP contribution is -2.43. The van der Waals surface area contributed by atoms with E-state index in [1.807, 2.05) is 29.0 Å². The minimum atomic E-state index is -4.64. The van der Waals surface area contributed by atoms with E-state index in [0.717, 1.165) is 30.7 Å². The smallest absolute Gasteiger partial charge is 0.346 e. The number of benzene rings is 2. The van der Waals surface area contributed by atoms with Crippen LogP contribution in [-0.2, 0) is 28.7 Å². The molecule has 0 spiro atoms. The maximum absolute atomic E-state index is 13.2. The minimum absolute atomic E-state index is 0.159. The molecule has 2 N–H and O–H groups in total. The average molecular weight is 474 g/mol. The zero-order valence-electron chi connectivity index (χ0n) is 17.6. The molecule has 1 atom stereocenters. The first kappa shape index (κ1) is 23.0. The minimum Gasteiger partial charge on any atom is -0.346 e. The van der Waals surface area contributed by atoms with Gasteiger partial charge in [0.2, 0.25) is 0 Å². The van der Waals surface area contributed by atoms with Gasteiger partial charge < -0.3 is 10.6 Å². The molecule has 9 heteroatoms. The summed E-state index contributed by atoms with van der Waals surface area (Å²) in [5, 5.41) is 8.63. The molecule has 172 valence electrons. The van der Waals surface area contributed by atoms with Crippen LogP contribution in [-0.4, -0.2) is 29.8 Å². The van der Waals surface area contributed by atoms with E-state index >= 15 is 0 Å². The molecule has 0 aliphatic carbocycles. The molecule has 0 fully saturated rings. The number of fused-ring (bicyclic) bond motifs is 1. The number of hydrogen-bond acceptors (Lipinski definition) is 4. The number of halogens is 3. The summed E-state index contributed by atoms with van der Waals surface area (Å²) in [6, 6.07) is 14.6. The Morgan fingerprint density at radius 3 is 2.45 bits per heavy atom. The van der Waals surface area contributed by atoms with Crippen molar-refractivity contribution >= 4 is 28.8 Å². The molecule has 3 aromatic rings. The van der Waals surface area contributed by atoms with Crippen molar-refractivity contribution in [2.24, 2.45) is 0 Å². The van der Waals surface area contributed by atoms with Crippen LogP contribution in [0.4, 0.5) is 18.9 Å². The second-order valence-electron chi connectivity index (χ2n) is 7.77. The van der Waals surface area contributed by atoms with E-state index in [1.54, 1.807) is 0 Å². The molecule has 0 saturated heterocycles. The third kappa shape index (κ3) is 5.43. The Bertz CT molecular complexity index is 1130. The number of rotatable bonds is 5. The van der Waals surface area contributed by atoms with Gasteiger partial charge in [-0.3, -0.25) is 14.5 Å². The van der Waals surface area contributed by atoms with Crippen LogP contribution in [0.5, 0.6) is 0 Å². The zero-order chi connectivity index (χ0) is 23.4. The maximum atomic E-state index is 13.2. The Morgan fingerprint density at radius 1 is 1.00 bits per heavy atom. The fourth-order valence-corrected chi connectivity index (χ4v) is 4.70. The summed E-state index contributed by atoms with van der Waals surface area (Å²) >= 11 is 1.54. The van der Waals surface area contributed by atoms with Gasteiger partial charge >= 0.3 is 18.0 Å². The van der Waals surface area contributed by atoms with Crippen LogP contribution in [0.3, 0.4) is 0 Å². The molecule has 1 aliphatic heterocycles. The Hall–Kier alpha value is -3.17. The van der Waals surface area contributed by atoms with E-state index in [9.17, 15) is 22.8 Å². The monoisotopic (exact) mass is 473 g/mol. The Morgan fingerprint density at radius 2 is 1.73 bits per heavy atom. The summed E-state index contributed by atoms with van der Waals surface area (Å²) in [6.07, 6.45) is -3.77. The van der Waals surface area contributed by atoms with Crippen LogP contribution in [0.2, 0.25) is 0 Å². The second kappa shape index (κ2) is 9.76. The number of amides is 2. The Balaban J connectivity index is 1.44. The van der Waals surface area contributed by atoms with Crippen LogP contribution < -0.4 is 10.6 Å². The first-order valence-electron chi connectivity index (χ1n) is 10.4. The van der Waals surface area contributed by atoms with Crippen molar-refractivity contribution in [3.8, 4) is 0 Å². The van der Waals surface area contributed by atoms with Crippen molar-refractivity contribution in [1.29, 1.82) is 0 Å². The van der Waals surface area contributed by atoms with Gasteiger partial charge in [-0.05, 0) is 52.1 Å². The van der Waals surface area contributed by atoms with Gasteiger partial charge in [0.25, 0.3) is 0 Å². The standard InChI is InChI=1S/C24H22F3N3O2S/c25-24(26,27)19-7-3-4-8-20(19)29-23(32)22(31)28-13-21(18-10-12-33-15-18)30-11-9-16-5-1-2-6-17(16)14-30/h1-8,10,12,15,21H,9,11,13-14H2,(H,28,31)(H,29,32). The van der Waals surface area contributed by atoms with Crippen molar-refractivity contribution in [1.82, 2.24) is 10.2 Å². The van der Waals surface area contributed by atoms with E-state index in [1.165, 1.54) is 34.6 Å². The highest BCUT2D eigenvalue weighted by Gasteiger charge is 2.34. The highest BCUT2D eigenvalue weighted by atomic mass is 32.1. The maximum Gasteiger partial charge on any atom is 0.418 e. The number of carbonyl (C=O) groups is 2. The van der Waals surface area contributed by atoms with Gasteiger partial charge in [-0.15, -0.1) is 0 Å². The molecule has 2 aromatic carbocycles. The van der Waals surface area contributed by atoms with E-state index in [4.69, 9.17) is 0 Å². The van der Waals surface area contributed by atoms with Crippen molar-refractivity contribution in [2.75, 3.05) is 18.4 Å². The van der Waals surface area contributed by atoms with Crippen LogP contribution in [0.1, 0.15) is 28.3 Å². The molecule has 0 bridgehead atoms. The largest absolute Gasteiger partial charge is 0.418 e. The molecule has 1 unspecified atom stereocenters. The Labute approximate surface area is 193 Å². The van der Waals surface area contributed by atoms with E-state index < -0.39 is 29.2 Å². The fraction of sp³-hybridized carbons (Fsp3) is 0.250. The van der Waals surface area contributed by atoms with Crippen LogP contribution >= 0.6 is 11.3 Å². The molecule has 0 radical (unpaired) electrons. The normalized spacial score (nSPS) is 14.9. The van der Waals surface area contributed by atoms with Crippen molar-refractivity contribution < 1.29 is 22.8 Å². The van der Waals surface area contributed by atoms with Crippen LogP contribution in [0, 0.1) is 0 Å². The van der Waals surface area contributed by atoms with Crippen LogP contribution in [0.25, 0.3) is 0 Å². The summed E-state index contributed by atoms with van der Waals surface area (Å²) in [5.74, 6) is -2.12. The third-order valence-electron chi connectivity index (χ3n) is 5.67. The first-order chi connectivity index (χ1) is 15.8. The highest BCUT2D eigenvalue weighted by Crippen LogP contribution is 2.34. The van der Waals surface area contributed by atoms with Crippen molar-refractivity contribution in [3.63, 3.8) is 0 Å². The molecule has 2 heterocycles. The van der Waals surface area contributed by atoms with Crippen molar-refractivity contribution in [2.45, 2.75) is 25.2 Å². The van der Waals surface area contributed by atoms with Crippen LogP contribution in [0.15, 0.2) is 65.4 Å². The fourth-order valence-electron chi connectivity index (χ4n) is 3.99. The Kier molecular flexibility index (Phi) is 6.80. The van der Waals surface area contributed by atoms with Gasteiger partial charge in [-0.25, -0.2) is 0 Å². The summed E-state index contributed by atoms with van der Waals surface area (Å²) in [4.78, 5) is 27.0. The first-order valence-corrected chi connectivity index (χ1v) is 11.4. The summed E-state index contributed by atoms with van der Waals surface area (Å²) < 4.78 is 39.5. The topological polar surface area (TPSA) is 61.4 Å². The lowest BCUT2D eigenvalue weighted by Gasteiger charge is -2.35. The molecule has 33 heavy (non-hydrogen) atoms. The predicted molar refractivity (Wildman–Crippen MR) is 121 cm³/mol. The van der Waals surface area contributed by atoms with Gasteiger partial charge in [0, 0.05) is 19.6 Å². The van der Waals surface area contributed by atoms with E-state index in [2.05, 4.69) is 27.7 Å². The molecule has 4 rings (SSSR count). The highest BCUT2D eigenvalue weighted by molar-refractivity contribution is 7.08. The summed E-state index contributed by atoms with van der Waals surface area (Å²) in [7, 11) is 0. The summed E-state index contributed by atoms with van der Waals surface area (Å²) in [6.45, 7) is 1.66. The van der Waals surface area contributed by atoms with Crippen molar-refractivity contribution in [3.05, 3.63) is 87.6 Å². The second-order valence-corrected chi connectivity index (χ2v) is 8.55. The van der Waals surface area contributed by atoms with E-state index in [-0.39, 0.29) is 12.6 Å². The van der Waals surface area contributed by atoms with Gasteiger partial charge in [0.1, 0.15) is 0 Å². The average Bonchev–Trinajstić information content (AvgIpc) is 3.33. The molecule has 2 amide bonds. The number of para-hydroxylation sites is 1. The summed E-state index contributed by atoms with van der Waals surface area (Å²) in [5.41, 5.74) is 2.07. The zero-order valence-corrected chi connectivity index (χ0v) is 18.4. The quantitative estimate of drug-likeness (QED) is 0.532. The molecular weight excluding hydrogens is 451 g/mol. The SMILES string of the molecule is O=C(NCC(c1ccsc1)N1CCc2ccccc2C1)C(=O)Nc1ccccc1C(F)(F)F. The van der Waals surface area contributed by atoms with Gasteiger partial charge in [-0.2, -0.15) is 24.5 Å². The lowest BCUT2D eigenvalue weighted by molar-refractivity contribution is -0.138. The number of nitrogens with zero attached hydrogens (tertiary/aromatic N) is 1. The lowest BCUT2D eigenvalue weighted by atomic mass is 9.97. The molecule has 0 saturated carbocycles. The van der Waals surface area contributed by atoms with E-state index in [0.29, 0.717) is 6.54 Å². The molecule has 1 aromatic heterocycles. The number of alkyl halides is 3. The van der Waals surface area contributed by atoms with Gasteiger partial charge in [0.05, 0.1) is 17.3 Å². The number of hydrogen-bond donors (Lipinski definition) is 2. The number of thiophene rings is 1. The van der Waals surface area contributed by atoms with Gasteiger partial charge in [0.15, 0.2) is 0 Å². The third-order valence-corrected chi connectivity index (χ3v) is 6.37. The molecule has 1 aliphatic rings. The predicted octanol–water partition coefficient (Wildman–Crippen LogP) is 4.62. The number of anilines is 1. The molecule has 5 nitrogen and oxygen atoms in total. The number of nitrogens with one attached hydrogen (secondary N) is 2. The van der Waals surface area contributed by atoms with Gasteiger partial charge in [-0.1, -0.05) is 36.4 Å². The number of carbonyl (C=O) groups excluding carboxylic acids is 2. The molecular formula is C24H22F3N3O2S.